The number of aromatic nitrogens is 2. The lowest BCUT2D eigenvalue weighted by molar-refractivity contribution is 0.457. The number of fused-ring (bicyclic) bond motifs is 11. The first kappa shape index (κ1) is 29.2. The molecule has 0 saturated heterocycles. The highest BCUT2D eigenvalue weighted by Crippen LogP contribution is 2.57. The first-order valence-electron chi connectivity index (χ1n) is 18.2. The molecular weight excluding hydrogens is 641 g/mol. The zero-order valence-electron chi connectivity index (χ0n) is 28.2. The molecule has 3 aromatic heterocycles. The minimum absolute atomic E-state index is 0.0737. The number of furan rings is 1. The lowest BCUT2D eigenvalue weighted by atomic mass is 9.70. The van der Waals surface area contributed by atoms with Crippen LogP contribution in [0.3, 0.4) is 0 Å². The lowest BCUT2D eigenvalue weighted by Crippen LogP contribution is -2.25. The van der Waals surface area contributed by atoms with E-state index in [2.05, 4.69) is 133 Å². The van der Waals surface area contributed by atoms with Crippen LogP contribution in [0.2, 0.25) is 0 Å². The Labute approximate surface area is 300 Å². The molecule has 0 amide bonds. The van der Waals surface area contributed by atoms with Gasteiger partial charge in [0.2, 0.25) is 0 Å². The third-order valence-electron chi connectivity index (χ3n) is 11.5. The number of rotatable bonds is 3. The van der Waals surface area contributed by atoms with Crippen LogP contribution in [-0.2, 0) is 5.41 Å². The average Bonchev–Trinajstić information content (AvgIpc) is 3.75. The van der Waals surface area contributed by atoms with Gasteiger partial charge in [0.05, 0.1) is 15.9 Å². The molecule has 9 aromatic rings. The number of hydrogen-bond donors (Lipinski definition) is 0. The predicted octanol–water partition coefficient (Wildman–Crippen LogP) is 13.4. The van der Waals surface area contributed by atoms with Gasteiger partial charge in [0.1, 0.15) is 11.2 Å². The lowest BCUT2D eigenvalue weighted by Gasteiger charge is -2.32. The van der Waals surface area contributed by atoms with Crippen LogP contribution >= 0.6 is 11.3 Å². The zero-order valence-corrected chi connectivity index (χ0v) is 29.0. The molecule has 1 fully saturated rings. The van der Waals surface area contributed by atoms with Crippen molar-refractivity contribution in [1.29, 1.82) is 0 Å². The van der Waals surface area contributed by atoms with E-state index in [9.17, 15) is 0 Å². The molecule has 2 aliphatic carbocycles. The van der Waals surface area contributed by atoms with E-state index in [0.29, 0.717) is 0 Å². The third kappa shape index (κ3) is 4.36. The molecule has 0 radical (unpaired) electrons. The summed E-state index contributed by atoms with van der Waals surface area (Å²) in [7, 11) is 0. The Kier molecular flexibility index (Phi) is 6.42. The largest absolute Gasteiger partial charge is 0.456 e. The van der Waals surface area contributed by atoms with Crippen molar-refractivity contribution in [2.24, 2.45) is 0 Å². The minimum atomic E-state index is 0.0737. The number of thiophene rings is 1. The predicted molar refractivity (Wildman–Crippen MR) is 212 cm³/mol. The number of benzene rings is 6. The van der Waals surface area contributed by atoms with Gasteiger partial charge in [0, 0.05) is 37.4 Å². The van der Waals surface area contributed by atoms with Gasteiger partial charge in [0.15, 0.2) is 5.82 Å². The second kappa shape index (κ2) is 11.2. The summed E-state index contributed by atoms with van der Waals surface area (Å²) in [6, 6.07) is 48.3. The highest BCUT2D eigenvalue weighted by molar-refractivity contribution is 7.26. The van der Waals surface area contributed by atoms with Crippen molar-refractivity contribution in [3.63, 3.8) is 0 Å². The summed E-state index contributed by atoms with van der Waals surface area (Å²) in [4.78, 5) is 10.4. The molecule has 6 aromatic carbocycles. The van der Waals surface area contributed by atoms with E-state index in [0.717, 1.165) is 54.8 Å². The zero-order chi connectivity index (χ0) is 33.5. The maximum atomic E-state index is 6.61. The van der Waals surface area contributed by atoms with Gasteiger partial charge in [-0.15, -0.1) is 11.3 Å². The molecule has 0 unspecified atom stereocenters. The summed E-state index contributed by atoms with van der Waals surface area (Å²) >= 11 is 1.76. The molecule has 244 valence electrons. The van der Waals surface area contributed by atoms with Crippen LogP contribution in [0.4, 0.5) is 0 Å². The van der Waals surface area contributed by atoms with Gasteiger partial charge in [-0.3, -0.25) is 0 Å². The van der Waals surface area contributed by atoms with Crippen LogP contribution in [0.25, 0.3) is 87.1 Å². The Morgan fingerprint density at radius 3 is 2.20 bits per heavy atom. The van der Waals surface area contributed by atoms with Crippen LogP contribution in [0.5, 0.6) is 0 Å². The highest BCUT2D eigenvalue weighted by atomic mass is 32.1. The summed E-state index contributed by atoms with van der Waals surface area (Å²) in [5.41, 5.74) is 14.4. The molecule has 0 N–H and O–H groups in total. The van der Waals surface area contributed by atoms with Gasteiger partial charge in [-0.05, 0) is 82.6 Å². The van der Waals surface area contributed by atoms with E-state index in [1.807, 2.05) is 0 Å². The van der Waals surface area contributed by atoms with Gasteiger partial charge >= 0.3 is 0 Å². The number of nitrogens with zero attached hydrogens (tertiary/aromatic N) is 2. The molecule has 3 nitrogen and oxygen atoms in total. The van der Waals surface area contributed by atoms with Crippen LogP contribution in [0.1, 0.15) is 49.7 Å². The first-order chi connectivity index (χ1) is 25.2. The van der Waals surface area contributed by atoms with Crippen LogP contribution in [0.15, 0.2) is 138 Å². The van der Waals surface area contributed by atoms with E-state index in [4.69, 9.17) is 14.4 Å². The third-order valence-corrected chi connectivity index (χ3v) is 12.7. The monoisotopic (exact) mass is 674 g/mol. The second-order valence-electron chi connectivity index (χ2n) is 14.3. The fourth-order valence-electron chi connectivity index (χ4n) is 9.25. The fraction of sp³-hybridized carbons (Fsp3) is 0.149. The molecule has 1 spiro atoms. The topological polar surface area (TPSA) is 38.9 Å². The average molecular weight is 675 g/mol. The van der Waals surface area contributed by atoms with Crippen LogP contribution in [0, 0.1) is 0 Å². The SMILES string of the molecule is c1ccc(-c2nc(-c3ccc4oc5cc(-c6cccc7c6C6(CCCCCC6)c6ccccc6-7)ccc5c4c3)nc3c2sc2ccccc23)cc1. The smallest absolute Gasteiger partial charge is 0.160 e. The van der Waals surface area contributed by atoms with Crippen molar-refractivity contribution >= 4 is 53.6 Å². The fourth-order valence-corrected chi connectivity index (χ4v) is 10.4. The van der Waals surface area contributed by atoms with Crippen molar-refractivity contribution in [2.45, 2.75) is 43.9 Å². The van der Waals surface area contributed by atoms with Crippen molar-refractivity contribution in [3.8, 4) is 44.9 Å². The number of hydrogen-bond acceptors (Lipinski definition) is 4. The Morgan fingerprint density at radius 1 is 0.529 bits per heavy atom. The molecule has 4 heteroatoms. The standard InChI is InChI=1S/C47H34N2OS/c1-2-11-26-47(25-10-1)38-19-8-6-15-33(38)35-18-12-17-32(42(35)47)30-21-23-34-37-27-31(22-24-39(37)50-40(34)28-30)46-48-43(29-13-4-3-5-14-29)45-44(49-46)36-16-7-9-20-41(36)51-45/h3-9,12-24,27-28H,1-2,10-11,25-26H2. The summed E-state index contributed by atoms with van der Waals surface area (Å²) in [6.07, 6.45) is 7.63. The van der Waals surface area contributed by atoms with Gasteiger partial charge in [-0.25, -0.2) is 9.97 Å². The maximum absolute atomic E-state index is 6.61. The Bertz CT molecular complexity index is 2820. The van der Waals surface area contributed by atoms with Gasteiger partial charge in [0.25, 0.3) is 0 Å². The summed E-state index contributed by atoms with van der Waals surface area (Å²) in [5, 5.41) is 3.36. The van der Waals surface area contributed by atoms with Gasteiger partial charge < -0.3 is 4.42 Å². The molecule has 11 rings (SSSR count). The van der Waals surface area contributed by atoms with Crippen molar-refractivity contribution in [1.82, 2.24) is 9.97 Å². The quantitative estimate of drug-likeness (QED) is 0.187. The Hall–Kier alpha value is -5.58. The van der Waals surface area contributed by atoms with Crippen LogP contribution in [-0.4, -0.2) is 9.97 Å². The summed E-state index contributed by atoms with van der Waals surface area (Å²) in [6.45, 7) is 0. The highest BCUT2D eigenvalue weighted by Gasteiger charge is 2.44. The van der Waals surface area contributed by atoms with E-state index >= 15 is 0 Å². The van der Waals surface area contributed by atoms with Gasteiger partial charge in [-0.1, -0.05) is 123 Å². The van der Waals surface area contributed by atoms with Gasteiger partial charge in [-0.2, -0.15) is 0 Å². The molecule has 0 aliphatic heterocycles. The Morgan fingerprint density at radius 2 is 1.29 bits per heavy atom. The normalized spacial score (nSPS) is 15.1. The molecular formula is C47H34N2OS. The van der Waals surface area contributed by atoms with Crippen molar-refractivity contribution < 1.29 is 4.42 Å². The summed E-state index contributed by atoms with van der Waals surface area (Å²) in [5.74, 6) is 0.728. The Balaban J connectivity index is 1.06. The van der Waals surface area contributed by atoms with Crippen LogP contribution < -0.4 is 0 Å². The first-order valence-corrected chi connectivity index (χ1v) is 19.0. The molecule has 0 bridgehead atoms. The molecule has 51 heavy (non-hydrogen) atoms. The summed E-state index contributed by atoms with van der Waals surface area (Å²) < 4.78 is 8.96. The molecule has 1 saturated carbocycles. The van der Waals surface area contributed by atoms with E-state index in [-0.39, 0.29) is 5.41 Å². The molecule has 0 atom stereocenters. The molecule has 3 heterocycles. The molecule has 2 aliphatic rings. The van der Waals surface area contributed by atoms with E-state index < -0.39 is 0 Å². The van der Waals surface area contributed by atoms with E-state index in [1.54, 1.807) is 11.3 Å². The second-order valence-corrected chi connectivity index (χ2v) is 15.4. The minimum Gasteiger partial charge on any atom is -0.456 e. The maximum Gasteiger partial charge on any atom is 0.160 e. The van der Waals surface area contributed by atoms with Crippen molar-refractivity contribution in [3.05, 3.63) is 145 Å². The van der Waals surface area contributed by atoms with Crippen molar-refractivity contribution in [2.75, 3.05) is 0 Å². The van der Waals surface area contributed by atoms with E-state index in [1.165, 1.54) is 82.0 Å².